The van der Waals surface area contributed by atoms with Gasteiger partial charge in [0.1, 0.15) is 58.8 Å². The average Bonchev–Trinajstić information content (AvgIpc) is 3.73. The molecule has 6 N–H and O–H groups in total. The van der Waals surface area contributed by atoms with Crippen LogP contribution in [0.1, 0.15) is 13.0 Å². The number of aliphatic hydroxyl groups is 6. The van der Waals surface area contributed by atoms with Crippen LogP contribution in [0.2, 0.25) is 0 Å². The van der Waals surface area contributed by atoms with Gasteiger partial charge in [-0.05, 0) is 31.2 Å². The SMILES string of the molecule is C[C@@H](O)C(CO)OC(S[C@@H]1O[C@H](CO)C(O)C(n2cc(-c3cccnc3)nn2)C1O)[C@@H](O)Cn1cc(-c2cc(F)c(F)c(F)c2)nn1. The molecule has 1 aliphatic rings. The van der Waals surface area contributed by atoms with Gasteiger partial charge in [0.05, 0.1) is 38.3 Å². The molecule has 0 bridgehead atoms. The number of hydrogen-bond donors (Lipinski definition) is 6. The van der Waals surface area contributed by atoms with Gasteiger partial charge in [0.25, 0.3) is 0 Å². The van der Waals surface area contributed by atoms with Crippen molar-refractivity contribution in [1.29, 1.82) is 0 Å². The Morgan fingerprint density at radius 3 is 2.34 bits per heavy atom. The highest BCUT2D eigenvalue weighted by Gasteiger charge is 2.48. The maximum absolute atomic E-state index is 13.8. The molecule has 3 aromatic heterocycles. The van der Waals surface area contributed by atoms with Crippen LogP contribution in [0.3, 0.4) is 0 Å². The molecule has 5 unspecified atom stereocenters. The van der Waals surface area contributed by atoms with Crippen LogP contribution >= 0.6 is 11.8 Å². The molecule has 0 aliphatic carbocycles. The standard InChI is InChI=1S/C28H32F3N7O8S/c1-13(41)21(11-39)45-27(20(42)10-37-8-18(33-35-37)15-5-16(29)23(31)17(30)6-15)47-28-26(44)24(25(43)22(12-40)46-28)38-9-19(34-36-38)14-3-2-4-32-7-14/h2-9,13,20-22,24-28,39-44H,10-12H2,1H3/t13-,20+,21?,22-,24?,25?,26?,27?,28+/m1/s1. The minimum atomic E-state index is -1.65. The zero-order valence-electron chi connectivity index (χ0n) is 24.6. The van der Waals surface area contributed by atoms with Crippen LogP contribution in [0.5, 0.6) is 0 Å². The van der Waals surface area contributed by atoms with Gasteiger partial charge in [-0.1, -0.05) is 22.2 Å². The number of hydrogen-bond acceptors (Lipinski definition) is 14. The molecule has 19 heteroatoms. The van der Waals surface area contributed by atoms with Crippen molar-refractivity contribution in [2.75, 3.05) is 13.2 Å². The number of benzene rings is 1. The summed E-state index contributed by atoms with van der Waals surface area (Å²) in [5.74, 6) is -4.50. The van der Waals surface area contributed by atoms with Gasteiger partial charge in [-0.25, -0.2) is 22.5 Å². The smallest absolute Gasteiger partial charge is 0.194 e. The monoisotopic (exact) mass is 683 g/mol. The second-order valence-electron chi connectivity index (χ2n) is 10.8. The van der Waals surface area contributed by atoms with Crippen molar-refractivity contribution >= 4 is 11.8 Å². The predicted octanol–water partition coefficient (Wildman–Crippen LogP) is -0.125. The molecular formula is C28H32F3N7O8S. The first kappa shape index (κ1) is 34.8. The molecule has 5 rings (SSSR count). The molecule has 0 radical (unpaired) electrons. The predicted molar refractivity (Wildman–Crippen MR) is 156 cm³/mol. The molecule has 1 aliphatic heterocycles. The summed E-state index contributed by atoms with van der Waals surface area (Å²) in [6.07, 6.45) is -2.26. The molecule has 1 aromatic carbocycles. The van der Waals surface area contributed by atoms with Gasteiger partial charge in [0.15, 0.2) is 17.5 Å². The Kier molecular flexibility index (Phi) is 11.2. The first-order valence-electron chi connectivity index (χ1n) is 14.3. The molecule has 0 amide bonds. The second-order valence-corrected chi connectivity index (χ2v) is 12.0. The molecule has 254 valence electrons. The van der Waals surface area contributed by atoms with E-state index in [9.17, 15) is 43.8 Å². The summed E-state index contributed by atoms with van der Waals surface area (Å²) >= 11 is 0.731. The van der Waals surface area contributed by atoms with Crippen LogP contribution in [0.25, 0.3) is 22.5 Å². The van der Waals surface area contributed by atoms with Crippen molar-refractivity contribution in [1.82, 2.24) is 35.0 Å². The molecule has 4 heterocycles. The van der Waals surface area contributed by atoms with E-state index in [0.29, 0.717) is 11.3 Å². The lowest BCUT2D eigenvalue weighted by Crippen LogP contribution is -2.56. The number of aliphatic hydroxyl groups excluding tert-OH is 6. The molecule has 0 spiro atoms. The highest BCUT2D eigenvalue weighted by atomic mass is 32.2. The lowest BCUT2D eigenvalue weighted by atomic mass is 9.97. The molecule has 1 fully saturated rings. The minimum absolute atomic E-state index is 0.0375. The summed E-state index contributed by atoms with van der Waals surface area (Å²) in [7, 11) is 0. The Hall–Kier alpha value is -3.53. The van der Waals surface area contributed by atoms with E-state index in [1.807, 2.05) is 0 Å². The summed E-state index contributed by atoms with van der Waals surface area (Å²) in [4.78, 5) is 4.04. The van der Waals surface area contributed by atoms with E-state index in [-0.39, 0.29) is 17.8 Å². The van der Waals surface area contributed by atoms with Gasteiger partial charge < -0.3 is 40.1 Å². The van der Waals surface area contributed by atoms with Crippen molar-refractivity contribution in [2.45, 2.75) is 67.0 Å². The number of nitrogens with zero attached hydrogens (tertiary/aromatic N) is 7. The van der Waals surface area contributed by atoms with Gasteiger partial charge in [-0.15, -0.1) is 10.2 Å². The topological polar surface area (TPSA) is 214 Å². The van der Waals surface area contributed by atoms with Crippen LogP contribution in [0.4, 0.5) is 13.2 Å². The van der Waals surface area contributed by atoms with Gasteiger partial charge in [0, 0.05) is 23.5 Å². The Morgan fingerprint density at radius 2 is 1.70 bits per heavy atom. The third-order valence-corrected chi connectivity index (χ3v) is 8.77. The Balaban J connectivity index is 1.38. The summed E-state index contributed by atoms with van der Waals surface area (Å²) < 4.78 is 54.9. The minimum Gasteiger partial charge on any atom is -0.394 e. The summed E-state index contributed by atoms with van der Waals surface area (Å²) in [5.41, 5.74) is -1.77. The van der Waals surface area contributed by atoms with Gasteiger partial charge in [0.2, 0.25) is 0 Å². The maximum Gasteiger partial charge on any atom is 0.194 e. The fraction of sp³-hybridized carbons (Fsp3) is 0.464. The van der Waals surface area contributed by atoms with Crippen molar-refractivity contribution in [3.63, 3.8) is 0 Å². The van der Waals surface area contributed by atoms with Crippen LogP contribution in [0, 0.1) is 17.5 Å². The normalized spacial score (nSPS) is 24.2. The fourth-order valence-corrected chi connectivity index (χ4v) is 6.16. The van der Waals surface area contributed by atoms with E-state index in [2.05, 4.69) is 25.6 Å². The Labute approximate surface area is 269 Å². The van der Waals surface area contributed by atoms with Crippen molar-refractivity contribution in [2.24, 2.45) is 0 Å². The van der Waals surface area contributed by atoms with Gasteiger partial charge in [-0.2, -0.15) is 0 Å². The number of rotatable bonds is 13. The van der Waals surface area contributed by atoms with Crippen molar-refractivity contribution < 1.29 is 53.3 Å². The van der Waals surface area contributed by atoms with Crippen LogP contribution in [0.15, 0.2) is 49.1 Å². The number of ether oxygens (including phenoxy) is 2. The lowest BCUT2D eigenvalue weighted by Gasteiger charge is -2.43. The molecular weight excluding hydrogens is 651 g/mol. The van der Waals surface area contributed by atoms with E-state index < -0.39 is 84.2 Å². The Bertz CT molecular complexity index is 1600. The van der Waals surface area contributed by atoms with Crippen LogP contribution < -0.4 is 0 Å². The van der Waals surface area contributed by atoms with E-state index in [1.165, 1.54) is 24.0 Å². The molecule has 9 atom stereocenters. The summed E-state index contributed by atoms with van der Waals surface area (Å²) in [6, 6.07) is 3.72. The second kappa shape index (κ2) is 15.1. The molecule has 4 aromatic rings. The number of pyridine rings is 1. The Morgan fingerprint density at radius 1 is 1.00 bits per heavy atom. The van der Waals surface area contributed by atoms with E-state index in [0.717, 1.165) is 28.6 Å². The van der Waals surface area contributed by atoms with E-state index in [1.54, 1.807) is 24.5 Å². The molecule has 47 heavy (non-hydrogen) atoms. The third-order valence-electron chi connectivity index (χ3n) is 7.42. The largest absolute Gasteiger partial charge is 0.394 e. The summed E-state index contributed by atoms with van der Waals surface area (Å²) in [6.45, 7) is -0.310. The van der Waals surface area contributed by atoms with Crippen LogP contribution in [-0.2, 0) is 16.0 Å². The fourth-order valence-electron chi connectivity index (χ4n) is 4.89. The quantitative estimate of drug-likeness (QED) is 0.0801. The van der Waals surface area contributed by atoms with Crippen LogP contribution in [-0.4, -0.2) is 126 Å². The number of aromatic nitrogens is 7. The first-order valence-corrected chi connectivity index (χ1v) is 15.2. The molecule has 15 nitrogen and oxygen atoms in total. The highest BCUT2D eigenvalue weighted by Crippen LogP contribution is 2.38. The molecule has 1 saturated heterocycles. The van der Waals surface area contributed by atoms with Gasteiger partial charge in [-0.3, -0.25) is 4.98 Å². The lowest BCUT2D eigenvalue weighted by molar-refractivity contribution is -0.180. The zero-order valence-corrected chi connectivity index (χ0v) is 25.4. The van der Waals surface area contributed by atoms with Crippen molar-refractivity contribution in [3.05, 3.63) is 66.5 Å². The van der Waals surface area contributed by atoms with E-state index >= 15 is 0 Å². The maximum atomic E-state index is 13.8. The average molecular weight is 684 g/mol. The highest BCUT2D eigenvalue weighted by molar-refractivity contribution is 8.00. The number of thioether (sulfide) groups is 1. The molecule has 0 saturated carbocycles. The first-order chi connectivity index (χ1) is 22.5. The van der Waals surface area contributed by atoms with Gasteiger partial charge >= 0.3 is 0 Å². The zero-order chi connectivity index (χ0) is 33.8. The van der Waals surface area contributed by atoms with E-state index in [4.69, 9.17) is 9.47 Å². The van der Waals surface area contributed by atoms with Crippen molar-refractivity contribution in [3.8, 4) is 22.5 Å². The number of halogens is 3. The summed E-state index contributed by atoms with van der Waals surface area (Å²) in [5, 5.41) is 79.4. The third kappa shape index (κ3) is 7.79.